The topological polar surface area (TPSA) is 68.3 Å². The number of piperidine rings is 1. The van der Waals surface area contributed by atoms with Gasteiger partial charge in [0, 0.05) is 31.7 Å². The SMILES string of the molecule is CCC1CN(CC(=O)N2CCC(C(=O)OC)CC2)Cc2cc(OC)ccc2O1. The van der Waals surface area contributed by atoms with Gasteiger partial charge in [-0.3, -0.25) is 14.5 Å². The van der Waals surface area contributed by atoms with Crippen molar-refractivity contribution in [2.45, 2.75) is 38.8 Å². The molecule has 0 spiro atoms. The number of carbonyl (C=O) groups is 2. The monoisotopic (exact) mass is 390 g/mol. The van der Waals surface area contributed by atoms with Gasteiger partial charge in [-0.1, -0.05) is 6.92 Å². The van der Waals surface area contributed by atoms with E-state index in [2.05, 4.69) is 11.8 Å². The molecule has 7 heteroatoms. The summed E-state index contributed by atoms with van der Waals surface area (Å²) in [5.41, 5.74) is 1.03. The fourth-order valence-corrected chi connectivity index (χ4v) is 3.89. The number of fused-ring (bicyclic) bond motifs is 1. The number of benzene rings is 1. The maximum absolute atomic E-state index is 12.9. The first-order valence-corrected chi connectivity index (χ1v) is 9.95. The fraction of sp³-hybridized carbons (Fsp3) is 0.619. The molecule has 1 unspecified atom stereocenters. The van der Waals surface area contributed by atoms with E-state index in [9.17, 15) is 9.59 Å². The zero-order valence-corrected chi connectivity index (χ0v) is 17.0. The maximum atomic E-state index is 12.9. The number of esters is 1. The van der Waals surface area contributed by atoms with Gasteiger partial charge < -0.3 is 19.1 Å². The molecule has 1 saturated heterocycles. The van der Waals surface area contributed by atoms with Crippen LogP contribution in [0.15, 0.2) is 18.2 Å². The highest BCUT2D eigenvalue weighted by Crippen LogP contribution is 2.29. The van der Waals surface area contributed by atoms with Crippen LogP contribution in [0.2, 0.25) is 0 Å². The van der Waals surface area contributed by atoms with Crippen molar-refractivity contribution in [2.24, 2.45) is 5.92 Å². The smallest absolute Gasteiger partial charge is 0.308 e. The Hall–Kier alpha value is -2.28. The van der Waals surface area contributed by atoms with Gasteiger partial charge in [-0.05, 0) is 37.5 Å². The van der Waals surface area contributed by atoms with Crippen LogP contribution in [0.4, 0.5) is 0 Å². The molecule has 0 bridgehead atoms. The minimum Gasteiger partial charge on any atom is -0.497 e. The Morgan fingerprint density at radius 3 is 2.61 bits per heavy atom. The zero-order chi connectivity index (χ0) is 20.1. The van der Waals surface area contributed by atoms with Crippen LogP contribution >= 0.6 is 0 Å². The molecular formula is C21H30N2O5. The molecule has 154 valence electrons. The zero-order valence-electron chi connectivity index (χ0n) is 17.0. The summed E-state index contributed by atoms with van der Waals surface area (Å²) in [6.07, 6.45) is 2.26. The molecule has 3 rings (SSSR count). The number of likely N-dealkylation sites (tertiary alicyclic amines) is 1. The number of ether oxygens (including phenoxy) is 3. The number of hydrogen-bond donors (Lipinski definition) is 0. The van der Waals surface area contributed by atoms with Crippen molar-refractivity contribution in [3.8, 4) is 11.5 Å². The van der Waals surface area contributed by atoms with Crippen LogP contribution in [-0.4, -0.2) is 68.2 Å². The van der Waals surface area contributed by atoms with Gasteiger partial charge >= 0.3 is 5.97 Å². The summed E-state index contributed by atoms with van der Waals surface area (Å²) in [5.74, 6) is 1.48. The first-order valence-electron chi connectivity index (χ1n) is 9.95. The third kappa shape index (κ3) is 4.76. The average molecular weight is 390 g/mol. The predicted molar refractivity (Wildman–Crippen MR) is 104 cm³/mol. The van der Waals surface area contributed by atoms with E-state index >= 15 is 0 Å². The minimum atomic E-state index is -0.173. The van der Waals surface area contributed by atoms with E-state index in [1.807, 2.05) is 23.1 Å². The van der Waals surface area contributed by atoms with E-state index < -0.39 is 0 Å². The highest BCUT2D eigenvalue weighted by molar-refractivity contribution is 5.79. The lowest BCUT2D eigenvalue weighted by Crippen LogP contribution is -2.46. The third-order valence-electron chi connectivity index (χ3n) is 5.61. The predicted octanol–water partition coefficient (Wildman–Crippen LogP) is 2.08. The number of methoxy groups -OCH3 is 2. The molecular weight excluding hydrogens is 360 g/mol. The van der Waals surface area contributed by atoms with Crippen LogP contribution < -0.4 is 9.47 Å². The van der Waals surface area contributed by atoms with Crippen LogP contribution in [0.3, 0.4) is 0 Å². The van der Waals surface area contributed by atoms with E-state index in [1.54, 1.807) is 7.11 Å². The molecule has 2 aliphatic rings. The largest absolute Gasteiger partial charge is 0.497 e. The molecule has 0 aliphatic carbocycles. The Bertz CT molecular complexity index is 700. The van der Waals surface area contributed by atoms with Crippen LogP contribution in [0, 0.1) is 5.92 Å². The quantitative estimate of drug-likeness (QED) is 0.717. The van der Waals surface area contributed by atoms with Gasteiger partial charge in [0.25, 0.3) is 0 Å². The molecule has 0 saturated carbocycles. The van der Waals surface area contributed by atoms with E-state index in [-0.39, 0.29) is 23.9 Å². The van der Waals surface area contributed by atoms with Crippen molar-refractivity contribution in [3.63, 3.8) is 0 Å². The number of carbonyl (C=O) groups excluding carboxylic acids is 2. The Morgan fingerprint density at radius 2 is 1.96 bits per heavy atom. The highest BCUT2D eigenvalue weighted by Gasteiger charge is 2.30. The molecule has 1 aromatic carbocycles. The Kier molecular flexibility index (Phi) is 6.78. The van der Waals surface area contributed by atoms with Gasteiger partial charge in [-0.25, -0.2) is 0 Å². The Morgan fingerprint density at radius 1 is 1.21 bits per heavy atom. The van der Waals surface area contributed by atoms with Crippen molar-refractivity contribution in [1.29, 1.82) is 0 Å². The summed E-state index contributed by atoms with van der Waals surface area (Å²) in [6.45, 7) is 5.00. The normalized spacial score (nSPS) is 20.7. The lowest BCUT2D eigenvalue weighted by Gasteiger charge is -2.32. The van der Waals surface area contributed by atoms with Crippen LogP contribution in [0.25, 0.3) is 0 Å². The summed E-state index contributed by atoms with van der Waals surface area (Å²) < 4.78 is 16.3. The van der Waals surface area contributed by atoms with Gasteiger partial charge in [0.15, 0.2) is 0 Å². The molecule has 0 radical (unpaired) electrons. The van der Waals surface area contributed by atoms with Crippen molar-refractivity contribution >= 4 is 11.9 Å². The maximum Gasteiger partial charge on any atom is 0.308 e. The van der Waals surface area contributed by atoms with Gasteiger partial charge in [0.2, 0.25) is 5.91 Å². The lowest BCUT2D eigenvalue weighted by molar-refractivity contribution is -0.149. The second-order valence-electron chi connectivity index (χ2n) is 7.47. The Balaban J connectivity index is 1.64. The number of rotatable bonds is 5. The molecule has 1 aromatic rings. The summed E-state index contributed by atoms with van der Waals surface area (Å²) in [5, 5.41) is 0. The molecule has 2 heterocycles. The summed E-state index contributed by atoms with van der Waals surface area (Å²) in [4.78, 5) is 28.5. The van der Waals surface area contributed by atoms with Crippen molar-refractivity contribution in [3.05, 3.63) is 23.8 Å². The molecule has 2 aliphatic heterocycles. The van der Waals surface area contributed by atoms with Gasteiger partial charge in [-0.15, -0.1) is 0 Å². The van der Waals surface area contributed by atoms with Crippen molar-refractivity contribution in [2.75, 3.05) is 40.4 Å². The molecule has 28 heavy (non-hydrogen) atoms. The van der Waals surface area contributed by atoms with Gasteiger partial charge in [-0.2, -0.15) is 0 Å². The first-order chi connectivity index (χ1) is 13.5. The average Bonchev–Trinajstić information content (AvgIpc) is 2.90. The minimum absolute atomic E-state index is 0.0486. The molecule has 0 aromatic heterocycles. The van der Waals surface area contributed by atoms with Gasteiger partial charge in [0.05, 0.1) is 26.7 Å². The van der Waals surface area contributed by atoms with Crippen molar-refractivity contribution < 1.29 is 23.8 Å². The van der Waals surface area contributed by atoms with Gasteiger partial charge in [0.1, 0.15) is 17.6 Å². The van der Waals surface area contributed by atoms with E-state index in [0.29, 0.717) is 45.6 Å². The summed E-state index contributed by atoms with van der Waals surface area (Å²) in [7, 11) is 3.06. The molecule has 7 nitrogen and oxygen atoms in total. The van der Waals surface area contributed by atoms with Crippen molar-refractivity contribution in [1.82, 2.24) is 9.80 Å². The molecule has 0 N–H and O–H groups in total. The molecule has 1 amide bonds. The highest BCUT2D eigenvalue weighted by atomic mass is 16.5. The van der Waals surface area contributed by atoms with Crippen LogP contribution in [0.5, 0.6) is 11.5 Å². The molecule has 1 atom stereocenters. The van der Waals surface area contributed by atoms with Crippen LogP contribution in [-0.2, 0) is 20.9 Å². The summed E-state index contributed by atoms with van der Waals surface area (Å²) in [6, 6.07) is 5.82. The first kappa shape index (κ1) is 20.5. The lowest BCUT2D eigenvalue weighted by atomic mass is 9.97. The van der Waals surface area contributed by atoms with E-state index in [4.69, 9.17) is 14.2 Å². The summed E-state index contributed by atoms with van der Waals surface area (Å²) >= 11 is 0. The van der Waals surface area contributed by atoms with E-state index in [0.717, 1.165) is 23.5 Å². The number of hydrogen-bond acceptors (Lipinski definition) is 6. The second-order valence-corrected chi connectivity index (χ2v) is 7.47. The number of amides is 1. The van der Waals surface area contributed by atoms with E-state index in [1.165, 1.54) is 7.11 Å². The third-order valence-corrected chi connectivity index (χ3v) is 5.61. The fourth-order valence-electron chi connectivity index (χ4n) is 3.89. The standard InChI is InChI=1S/C21H30N2O5/c1-4-17-13-22(12-16-11-18(26-2)5-6-19(16)28-17)14-20(24)23-9-7-15(8-10-23)21(25)27-3/h5-6,11,15,17H,4,7-10,12-14H2,1-3H3. The number of nitrogens with zero attached hydrogens (tertiary/aromatic N) is 2. The Labute approximate surface area is 166 Å². The van der Waals surface area contributed by atoms with Crippen LogP contribution in [0.1, 0.15) is 31.7 Å². The molecule has 1 fully saturated rings. The second kappa shape index (κ2) is 9.28.